The highest BCUT2D eigenvalue weighted by atomic mass is 35.5. The average Bonchev–Trinajstić information content (AvgIpc) is 2.58. The lowest BCUT2D eigenvalue weighted by Gasteiger charge is -2.10. The summed E-state index contributed by atoms with van der Waals surface area (Å²) in [6.07, 6.45) is 6.29. The molecule has 0 radical (unpaired) electrons. The van der Waals surface area contributed by atoms with E-state index in [0.29, 0.717) is 0 Å². The van der Waals surface area contributed by atoms with Crippen molar-refractivity contribution in [2.45, 2.75) is 45.4 Å². The molecule has 0 aromatic heterocycles. The van der Waals surface area contributed by atoms with Crippen molar-refractivity contribution in [1.82, 2.24) is 0 Å². The van der Waals surface area contributed by atoms with Gasteiger partial charge in [0.1, 0.15) is 0 Å². The first kappa shape index (κ1) is 20.3. The lowest BCUT2D eigenvalue weighted by molar-refractivity contribution is 0.356. The standard InChI is InChI=1S/C20H27NO2.ClH/c1-4-5-6-7-18(21)11-9-15-8-10-16-13-19(22-2)20(23-3)14-17(16)12-15;/h8,10,12-14,21H,4-7,9,11H2,1-3H3;1H. The van der Waals surface area contributed by atoms with Crippen molar-refractivity contribution in [1.29, 1.82) is 5.41 Å². The molecule has 132 valence electrons. The number of methoxy groups -OCH3 is 2. The molecule has 1 N–H and O–H groups in total. The molecule has 4 heteroatoms. The number of nitrogens with one attached hydrogen (secondary N) is 1. The molecule has 24 heavy (non-hydrogen) atoms. The lowest BCUT2D eigenvalue weighted by atomic mass is 10.0. The molecule has 0 amide bonds. The maximum Gasteiger partial charge on any atom is 0.161 e. The van der Waals surface area contributed by atoms with Crippen molar-refractivity contribution in [3.05, 3.63) is 35.9 Å². The van der Waals surface area contributed by atoms with Crippen molar-refractivity contribution < 1.29 is 9.47 Å². The van der Waals surface area contributed by atoms with E-state index in [0.717, 1.165) is 53.7 Å². The van der Waals surface area contributed by atoms with Gasteiger partial charge in [-0.05, 0) is 54.2 Å². The molecule has 0 heterocycles. The Labute approximate surface area is 151 Å². The third-order valence-corrected chi connectivity index (χ3v) is 4.20. The fourth-order valence-corrected chi connectivity index (χ4v) is 2.79. The molecular weight excluding hydrogens is 322 g/mol. The second-order valence-electron chi connectivity index (χ2n) is 5.95. The molecule has 0 fully saturated rings. The fourth-order valence-electron chi connectivity index (χ4n) is 2.79. The van der Waals surface area contributed by atoms with Gasteiger partial charge in [0.2, 0.25) is 0 Å². The summed E-state index contributed by atoms with van der Waals surface area (Å²) in [5, 5.41) is 10.4. The van der Waals surface area contributed by atoms with E-state index >= 15 is 0 Å². The van der Waals surface area contributed by atoms with Crippen LogP contribution >= 0.6 is 12.4 Å². The topological polar surface area (TPSA) is 42.3 Å². The van der Waals surface area contributed by atoms with Gasteiger partial charge in [0.05, 0.1) is 14.2 Å². The molecule has 2 rings (SSSR count). The summed E-state index contributed by atoms with van der Waals surface area (Å²) in [6.45, 7) is 2.20. The number of hydrogen-bond donors (Lipinski definition) is 1. The highest BCUT2D eigenvalue weighted by molar-refractivity contribution is 5.87. The first-order valence-corrected chi connectivity index (χ1v) is 8.39. The molecule has 0 aliphatic rings. The van der Waals surface area contributed by atoms with Gasteiger partial charge in [-0.1, -0.05) is 38.0 Å². The van der Waals surface area contributed by atoms with Crippen molar-refractivity contribution >= 4 is 28.9 Å². The zero-order valence-electron chi connectivity index (χ0n) is 14.9. The van der Waals surface area contributed by atoms with E-state index in [1.807, 2.05) is 12.1 Å². The molecule has 0 spiro atoms. The SMILES string of the molecule is CCCCCC(=N)CCc1ccc2cc(OC)c(OC)cc2c1.Cl. The van der Waals surface area contributed by atoms with Crippen LogP contribution in [0.2, 0.25) is 0 Å². The minimum Gasteiger partial charge on any atom is -0.493 e. The quantitative estimate of drug-likeness (QED) is 0.458. The van der Waals surface area contributed by atoms with Gasteiger partial charge >= 0.3 is 0 Å². The van der Waals surface area contributed by atoms with Crippen LogP contribution in [0.5, 0.6) is 11.5 Å². The number of aryl methyl sites for hydroxylation is 1. The normalized spacial score (nSPS) is 10.3. The molecule has 0 atom stereocenters. The minimum atomic E-state index is 0. The van der Waals surface area contributed by atoms with Gasteiger partial charge in [0.25, 0.3) is 0 Å². The van der Waals surface area contributed by atoms with Gasteiger partial charge in [-0.2, -0.15) is 0 Å². The van der Waals surface area contributed by atoms with Gasteiger partial charge < -0.3 is 14.9 Å². The zero-order chi connectivity index (χ0) is 16.7. The molecular formula is C20H28ClNO2. The van der Waals surface area contributed by atoms with Crippen LogP contribution < -0.4 is 9.47 Å². The number of fused-ring (bicyclic) bond motifs is 1. The zero-order valence-corrected chi connectivity index (χ0v) is 15.7. The molecule has 2 aromatic rings. The summed E-state index contributed by atoms with van der Waals surface area (Å²) in [4.78, 5) is 0. The molecule has 0 saturated heterocycles. The second kappa shape index (κ2) is 10.2. The van der Waals surface area contributed by atoms with E-state index in [1.54, 1.807) is 14.2 Å². The lowest BCUT2D eigenvalue weighted by Crippen LogP contribution is -1.99. The van der Waals surface area contributed by atoms with E-state index in [2.05, 4.69) is 25.1 Å². The number of benzene rings is 2. The summed E-state index contributed by atoms with van der Waals surface area (Å²) >= 11 is 0. The van der Waals surface area contributed by atoms with Crippen LogP contribution in [0.15, 0.2) is 30.3 Å². The third kappa shape index (κ3) is 5.41. The van der Waals surface area contributed by atoms with Crippen LogP contribution in [0.1, 0.15) is 44.6 Å². The molecule has 0 aliphatic carbocycles. The summed E-state index contributed by atoms with van der Waals surface area (Å²) in [6, 6.07) is 10.5. The summed E-state index contributed by atoms with van der Waals surface area (Å²) in [5.41, 5.74) is 2.14. The third-order valence-electron chi connectivity index (χ3n) is 4.20. The molecule has 0 unspecified atom stereocenters. The molecule has 3 nitrogen and oxygen atoms in total. The van der Waals surface area contributed by atoms with Crippen molar-refractivity contribution in [2.24, 2.45) is 0 Å². The summed E-state index contributed by atoms with van der Waals surface area (Å²) in [5.74, 6) is 1.51. The first-order valence-electron chi connectivity index (χ1n) is 8.39. The maximum absolute atomic E-state index is 8.06. The monoisotopic (exact) mass is 349 g/mol. The Morgan fingerprint density at radius 2 is 1.58 bits per heavy atom. The van der Waals surface area contributed by atoms with Crippen LogP contribution in [0.25, 0.3) is 10.8 Å². The number of ether oxygens (including phenoxy) is 2. The average molecular weight is 350 g/mol. The molecule has 0 bridgehead atoms. The predicted molar refractivity (Wildman–Crippen MR) is 104 cm³/mol. The van der Waals surface area contributed by atoms with Crippen LogP contribution in [-0.2, 0) is 6.42 Å². The second-order valence-corrected chi connectivity index (χ2v) is 5.95. The van der Waals surface area contributed by atoms with Gasteiger partial charge in [-0.3, -0.25) is 0 Å². The Bertz CT molecular complexity index is 670. The van der Waals surface area contributed by atoms with Crippen LogP contribution in [0.4, 0.5) is 0 Å². The molecule has 0 saturated carbocycles. The van der Waals surface area contributed by atoms with Gasteiger partial charge in [-0.25, -0.2) is 0 Å². The predicted octanol–water partition coefficient (Wildman–Crippen LogP) is 5.81. The molecule has 0 aliphatic heterocycles. The molecule has 2 aromatic carbocycles. The number of hydrogen-bond acceptors (Lipinski definition) is 3. The maximum atomic E-state index is 8.06. The van der Waals surface area contributed by atoms with E-state index in [-0.39, 0.29) is 12.4 Å². The highest BCUT2D eigenvalue weighted by Gasteiger charge is 2.07. The number of unbranched alkanes of at least 4 members (excludes halogenated alkanes) is 2. The summed E-state index contributed by atoms with van der Waals surface area (Å²) in [7, 11) is 3.31. The van der Waals surface area contributed by atoms with E-state index in [4.69, 9.17) is 14.9 Å². The van der Waals surface area contributed by atoms with Crippen molar-refractivity contribution in [3.8, 4) is 11.5 Å². The highest BCUT2D eigenvalue weighted by Crippen LogP contribution is 2.32. The smallest absolute Gasteiger partial charge is 0.161 e. The number of halogens is 1. The fraction of sp³-hybridized carbons (Fsp3) is 0.450. The Hall–Kier alpha value is -1.74. The van der Waals surface area contributed by atoms with Gasteiger partial charge in [0, 0.05) is 5.71 Å². The number of rotatable bonds is 9. The van der Waals surface area contributed by atoms with Crippen molar-refractivity contribution in [2.75, 3.05) is 14.2 Å². The van der Waals surface area contributed by atoms with E-state index in [1.165, 1.54) is 18.4 Å². The van der Waals surface area contributed by atoms with Gasteiger partial charge in [-0.15, -0.1) is 12.4 Å². The van der Waals surface area contributed by atoms with Crippen LogP contribution in [0, 0.1) is 5.41 Å². The Morgan fingerprint density at radius 1 is 0.917 bits per heavy atom. The Kier molecular flexibility index (Phi) is 8.62. The van der Waals surface area contributed by atoms with E-state index < -0.39 is 0 Å². The Morgan fingerprint density at radius 3 is 2.21 bits per heavy atom. The van der Waals surface area contributed by atoms with Crippen LogP contribution in [-0.4, -0.2) is 19.9 Å². The first-order chi connectivity index (χ1) is 11.2. The van der Waals surface area contributed by atoms with Crippen molar-refractivity contribution in [3.63, 3.8) is 0 Å². The van der Waals surface area contributed by atoms with E-state index in [9.17, 15) is 0 Å². The largest absolute Gasteiger partial charge is 0.493 e. The van der Waals surface area contributed by atoms with Gasteiger partial charge in [0.15, 0.2) is 11.5 Å². The van der Waals surface area contributed by atoms with Crippen LogP contribution in [0.3, 0.4) is 0 Å². The Balaban J connectivity index is 0.00000288. The minimum absolute atomic E-state index is 0. The summed E-state index contributed by atoms with van der Waals surface area (Å²) < 4.78 is 10.7.